The minimum absolute atomic E-state index is 0.267. The third-order valence-electron chi connectivity index (χ3n) is 5.26. The Hall–Kier alpha value is -1.96. The maximum atomic E-state index is 13.8. The zero-order chi connectivity index (χ0) is 19.0. The van der Waals surface area contributed by atoms with Crippen molar-refractivity contribution < 1.29 is 9.13 Å². The molecule has 0 amide bonds. The molecule has 1 saturated heterocycles. The first kappa shape index (κ1) is 18.4. The van der Waals surface area contributed by atoms with Crippen molar-refractivity contribution in [2.45, 2.75) is 19.4 Å². The lowest BCUT2D eigenvalue weighted by Gasteiger charge is -2.40. The summed E-state index contributed by atoms with van der Waals surface area (Å²) in [5.74, 6) is 0.665. The Morgan fingerprint density at radius 3 is 3.00 bits per heavy atom. The molecule has 1 aromatic heterocycles. The number of piperazine rings is 1. The molecule has 0 unspecified atom stereocenters. The van der Waals surface area contributed by atoms with Gasteiger partial charge in [-0.05, 0) is 38.6 Å². The number of anilines is 2. The van der Waals surface area contributed by atoms with E-state index in [-0.39, 0.29) is 5.82 Å². The van der Waals surface area contributed by atoms with Crippen LogP contribution in [-0.4, -0.2) is 62.1 Å². The van der Waals surface area contributed by atoms with E-state index in [1.807, 2.05) is 0 Å². The molecule has 1 aromatic carbocycles. The SMILES string of the molecule is COCC[C@H]1CN(C2=Nc3cc(F)ccc3Nc3sc(C)cc32)CCN1C. The number of fused-ring (bicyclic) bond motifs is 2. The first-order valence-corrected chi connectivity index (χ1v) is 10.1. The number of thiophene rings is 1. The Bertz CT molecular complexity index is 866. The maximum absolute atomic E-state index is 13.8. The minimum Gasteiger partial charge on any atom is -0.385 e. The van der Waals surface area contributed by atoms with Crippen molar-refractivity contribution in [3.63, 3.8) is 0 Å². The number of hydrogen-bond donors (Lipinski definition) is 1. The molecule has 144 valence electrons. The number of likely N-dealkylation sites (N-methyl/N-ethyl adjacent to an activating group) is 1. The van der Waals surface area contributed by atoms with Crippen molar-refractivity contribution in [1.82, 2.24) is 9.80 Å². The standard InChI is InChI=1S/C20H25FN4OS/c1-13-10-16-19(25-8-7-24(2)15(12-25)6-9-26-3)22-18-11-14(21)4-5-17(18)23-20(16)27-13/h4-5,10-11,15,23H,6-9,12H2,1-3H3/t15-/m0/s1. The summed E-state index contributed by atoms with van der Waals surface area (Å²) in [7, 11) is 3.91. The second-order valence-electron chi connectivity index (χ2n) is 7.18. The molecule has 5 nitrogen and oxygen atoms in total. The van der Waals surface area contributed by atoms with E-state index in [1.165, 1.54) is 17.0 Å². The predicted molar refractivity (Wildman–Crippen MR) is 109 cm³/mol. The lowest BCUT2D eigenvalue weighted by Crippen LogP contribution is -2.53. The number of hydrogen-bond acceptors (Lipinski definition) is 6. The summed E-state index contributed by atoms with van der Waals surface area (Å²) >= 11 is 1.71. The number of nitrogens with one attached hydrogen (secondary N) is 1. The molecule has 7 heteroatoms. The molecule has 1 fully saturated rings. The molecular formula is C20H25FN4OS. The van der Waals surface area contributed by atoms with Gasteiger partial charge in [0.25, 0.3) is 0 Å². The van der Waals surface area contributed by atoms with Gasteiger partial charge < -0.3 is 15.0 Å². The third kappa shape index (κ3) is 3.72. The van der Waals surface area contributed by atoms with E-state index < -0.39 is 0 Å². The second-order valence-corrected chi connectivity index (χ2v) is 8.44. The van der Waals surface area contributed by atoms with Crippen LogP contribution in [0.4, 0.5) is 20.8 Å². The quantitative estimate of drug-likeness (QED) is 0.863. The van der Waals surface area contributed by atoms with E-state index in [9.17, 15) is 4.39 Å². The number of benzene rings is 1. The first-order valence-electron chi connectivity index (χ1n) is 9.25. The molecule has 0 aliphatic carbocycles. The van der Waals surface area contributed by atoms with Gasteiger partial charge in [0.2, 0.25) is 0 Å². The molecule has 2 aliphatic rings. The van der Waals surface area contributed by atoms with Crippen LogP contribution in [0.2, 0.25) is 0 Å². The Morgan fingerprint density at radius 2 is 2.19 bits per heavy atom. The molecule has 0 bridgehead atoms. The Balaban J connectivity index is 1.72. The molecule has 1 atom stereocenters. The lowest BCUT2D eigenvalue weighted by molar-refractivity contribution is 0.100. The number of aliphatic imine (C=N–C) groups is 1. The van der Waals surface area contributed by atoms with Crippen molar-refractivity contribution in [1.29, 1.82) is 0 Å². The van der Waals surface area contributed by atoms with Crippen molar-refractivity contribution in [3.05, 3.63) is 40.5 Å². The van der Waals surface area contributed by atoms with Crippen molar-refractivity contribution in [2.24, 2.45) is 4.99 Å². The fraction of sp³-hybridized carbons (Fsp3) is 0.450. The molecule has 2 aliphatic heterocycles. The molecule has 4 rings (SSSR count). The van der Waals surface area contributed by atoms with E-state index in [4.69, 9.17) is 9.73 Å². The highest BCUT2D eigenvalue weighted by atomic mass is 32.1. The van der Waals surface area contributed by atoms with Gasteiger partial charge in [0.1, 0.15) is 16.7 Å². The highest BCUT2D eigenvalue weighted by Gasteiger charge is 2.30. The molecule has 0 spiro atoms. The zero-order valence-electron chi connectivity index (χ0n) is 16.0. The average molecular weight is 389 g/mol. The van der Waals surface area contributed by atoms with Crippen molar-refractivity contribution in [2.75, 3.05) is 45.7 Å². The van der Waals surface area contributed by atoms with Crippen LogP contribution in [0.15, 0.2) is 29.3 Å². The van der Waals surface area contributed by atoms with Gasteiger partial charge in [-0.25, -0.2) is 9.38 Å². The van der Waals surface area contributed by atoms with Gasteiger partial charge in [-0.15, -0.1) is 11.3 Å². The average Bonchev–Trinajstić information content (AvgIpc) is 2.94. The van der Waals surface area contributed by atoms with E-state index in [0.717, 1.165) is 54.7 Å². The summed E-state index contributed by atoms with van der Waals surface area (Å²) in [6.45, 7) is 5.61. The minimum atomic E-state index is -0.267. The fourth-order valence-corrected chi connectivity index (χ4v) is 4.64. The van der Waals surface area contributed by atoms with E-state index in [0.29, 0.717) is 11.7 Å². The lowest BCUT2D eigenvalue weighted by atomic mass is 10.1. The summed E-state index contributed by atoms with van der Waals surface area (Å²) in [5.41, 5.74) is 2.60. The van der Waals surface area contributed by atoms with E-state index in [1.54, 1.807) is 24.5 Å². The van der Waals surface area contributed by atoms with E-state index in [2.05, 4.69) is 35.2 Å². The molecule has 2 aromatic rings. The molecule has 0 radical (unpaired) electrons. The van der Waals surface area contributed by atoms with Crippen LogP contribution in [0.25, 0.3) is 0 Å². The molecule has 1 N–H and O–H groups in total. The number of amidine groups is 1. The van der Waals surface area contributed by atoms with Gasteiger partial charge >= 0.3 is 0 Å². The summed E-state index contributed by atoms with van der Waals surface area (Å²) in [4.78, 5) is 10.9. The van der Waals surface area contributed by atoms with Crippen molar-refractivity contribution >= 4 is 33.5 Å². The number of aryl methyl sites for hydroxylation is 1. The molecule has 0 saturated carbocycles. The number of nitrogens with zero attached hydrogens (tertiary/aromatic N) is 3. The Kier molecular flexibility index (Phi) is 5.16. The van der Waals surface area contributed by atoms with Gasteiger partial charge in [0.05, 0.1) is 16.9 Å². The second kappa shape index (κ2) is 7.58. The highest BCUT2D eigenvalue weighted by molar-refractivity contribution is 7.16. The Morgan fingerprint density at radius 1 is 1.33 bits per heavy atom. The van der Waals surface area contributed by atoms with Crippen LogP contribution in [0.1, 0.15) is 16.9 Å². The van der Waals surface area contributed by atoms with Crippen LogP contribution in [0.5, 0.6) is 0 Å². The van der Waals surface area contributed by atoms with Gasteiger partial charge in [-0.1, -0.05) is 0 Å². The number of halogens is 1. The summed E-state index contributed by atoms with van der Waals surface area (Å²) in [6.07, 6.45) is 0.982. The van der Waals surface area contributed by atoms with Crippen LogP contribution < -0.4 is 5.32 Å². The number of ether oxygens (including phenoxy) is 1. The number of rotatable bonds is 3. The normalized spacial score (nSPS) is 19.8. The van der Waals surface area contributed by atoms with Gasteiger partial charge in [0.15, 0.2) is 0 Å². The zero-order valence-corrected chi connectivity index (χ0v) is 16.8. The summed E-state index contributed by atoms with van der Waals surface area (Å²) in [6, 6.07) is 7.33. The summed E-state index contributed by atoms with van der Waals surface area (Å²) in [5, 5.41) is 4.53. The van der Waals surface area contributed by atoms with E-state index >= 15 is 0 Å². The predicted octanol–water partition coefficient (Wildman–Crippen LogP) is 3.98. The highest BCUT2D eigenvalue weighted by Crippen LogP contribution is 2.39. The number of methoxy groups -OCH3 is 1. The third-order valence-corrected chi connectivity index (χ3v) is 6.23. The van der Waals surface area contributed by atoms with Crippen LogP contribution in [0, 0.1) is 12.7 Å². The van der Waals surface area contributed by atoms with Gasteiger partial charge in [-0.3, -0.25) is 4.90 Å². The first-order chi connectivity index (χ1) is 13.0. The molecule has 3 heterocycles. The Labute approximate surface area is 163 Å². The monoisotopic (exact) mass is 388 g/mol. The van der Waals surface area contributed by atoms with Crippen LogP contribution >= 0.6 is 11.3 Å². The van der Waals surface area contributed by atoms with Gasteiger partial charge in [0, 0.05) is 50.3 Å². The molecule has 27 heavy (non-hydrogen) atoms. The maximum Gasteiger partial charge on any atom is 0.139 e. The topological polar surface area (TPSA) is 40.1 Å². The fourth-order valence-electron chi connectivity index (χ4n) is 3.72. The molecular weight excluding hydrogens is 363 g/mol. The van der Waals surface area contributed by atoms with Crippen LogP contribution in [0.3, 0.4) is 0 Å². The van der Waals surface area contributed by atoms with Crippen LogP contribution in [-0.2, 0) is 4.74 Å². The smallest absolute Gasteiger partial charge is 0.139 e. The van der Waals surface area contributed by atoms with Crippen molar-refractivity contribution in [3.8, 4) is 0 Å². The largest absolute Gasteiger partial charge is 0.385 e. The van der Waals surface area contributed by atoms with Gasteiger partial charge in [-0.2, -0.15) is 0 Å². The summed E-state index contributed by atoms with van der Waals surface area (Å²) < 4.78 is 19.1.